The molecule has 10 heterocycles. The smallest absolute Gasteiger partial charge is 0.410 e. The molecule has 5 fully saturated rings. The van der Waals surface area contributed by atoms with Gasteiger partial charge < -0.3 is 82.2 Å². The Hall–Kier alpha value is -7.83. The Bertz CT molecular complexity index is 2880. The van der Waals surface area contributed by atoms with Crippen LogP contribution in [0.1, 0.15) is 72.0 Å². The van der Waals surface area contributed by atoms with Crippen LogP contribution in [0.4, 0.5) is 67.1 Å². The number of aryl methyl sites for hydroxylation is 3. The van der Waals surface area contributed by atoms with E-state index in [2.05, 4.69) is 97.3 Å². The third kappa shape index (κ3) is 22.4. The van der Waals surface area contributed by atoms with Crippen molar-refractivity contribution in [2.75, 3.05) is 205 Å². The van der Waals surface area contributed by atoms with Crippen LogP contribution in [0, 0.1) is 20.8 Å². The molecule has 5 aliphatic heterocycles. The molecular formula is C63H102N20O4. The van der Waals surface area contributed by atoms with Crippen molar-refractivity contribution in [3.8, 4) is 0 Å². The Labute approximate surface area is 517 Å². The Morgan fingerprint density at radius 1 is 0.414 bits per heavy atom. The van der Waals surface area contributed by atoms with Crippen LogP contribution in [-0.4, -0.2) is 224 Å². The molecule has 5 aromatic heterocycles. The fourth-order valence-corrected chi connectivity index (χ4v) is 10.5. The van der Waals surface area contributed by atoms with Crippen molar-refractivity contribution in [1.29, 1.82) is 0 Å². The van der Waals surface area contributed by atoms with Gasteiger partial charge in [0, 0.05) is 131 Å². The summed E-state index contributed by atoms with van der Waals surface area (Å²) in [6, 6.07) is 19.4. The molecule has 0 bridgehead atoms. The van der Waals surface area contributed by atoms with E-state index >= 15 is 0 Å². The van der Waals surface area contributed by atoms with Gasteiger partial charge in [0.15, 0.2) is 0 Å². The first-order valence-electron chi connectivity index (χ1n) is 30.7. The predicted octanol–water partition coefficient (Wildman–Crippen LogP) is 6.39. The zero-order chi connectivity index (χ0) is 63.4. The summed E-state index contributed by atoms with van der Waals surface area (Å²) in [5.74, 6) is 2.84. The molecule has 0 spiro atoms. The lowest BCUT2D eigenvalue weighted by Crippen LogP contribution is -2.50. The SMILES string of the molecule is CC(C)(C)OC(=O)N1CCN(c2ccc(N)nc2)CC1.CCCN1CCN(c2ccc(N)nc2C)CC1.CN1CCN(c2ccc(N)nc2)CC1.Cc1nc(N)ccc1N1CCN(C(=O)OC(C)(C)C)CC1.Cc1nc(N)ccc1N1CCN(C)CC1. The molecule has 478 valence electrons. The number of hydrogen-bond donors (Lipinski definition) is 5. The van der Waals surface area contributed by atoms with Crippen molar-refractivity contribution in [1.82, 2.24) is 49.4 Å². The van der Waals surface area contributed by atoms with Crippen molar-refractivity contribution < 1.29 is 19.1 Å². The van der Waals surface area contributed by atoms with E-state index < -0.39 is 11.2 Å². The first-order valence-corrected chi connectivity index (χ1v) is 30.7. The molecule has 0 aromatic carbocycles. The molecule has 0 saturated carbocycles. The van der Waals surface area contributed by atoms with E-state index in [1.165, 1.54) is 30.0 Å². The maximum Gasteiger partial charge on any atom is 0.410 e. The number of amides is 2. The highest BCUT2D eigenvalue weighted by molar-refractivity contribution is 5.69. The summed E-state index contributed by atoms with van der Waals surface area (Å²) in [4.78, 5) is 67.3. The monoisotopic (exact) mass is 1200 g/mol. The van der Waals surface area contributed by atoms with E-state index in [9.17, 15) is 9.59 Å². The summed E-state index contributed by atoms with van der Waals surface area (Å²) in [6.45, 7) is 39.6. The highest BCUT2D eigenvalue weighted by Gasteiger charge is 2.28. The molecule has 10 rings (SSSR count). The van der Waals surface area contributed by atoms with Gasteiger partial charge in [-0.3, -0.25) is 4.90 Å². The number of aromatic nitrogens is 5. The van der Waals surface area contributed by atoms with E-state index in [4.69, 9.17) is 38.1 Å². The van der Waals surface area contributed by atoms with Crippen LogP contribution in [0.25, 0.3) is 0 Å². The number of piperazine rings is 5. The second-order valence-electron chi connectivity index (χ2n) is 24.7. The van der Waals surface area contributed by atoms with Gasteiger partial charge in [0.1, 0.15) is 40.3 Å². The second kappa shape index (κ2) is 32.2. The molecule has 24 heteroatoms. The number of likely N-dealkylation sites (N-methyl/N-ethyl adjacent to an activating group) is 2. The van der Waals surface area contributed by atoms with E-state index in [1.807, 2.05) is 111 Å². The zero-order valence-corrected chi connectivity index (χ0v) is 54.2. The third-order valence-electron chi connectivity index (χ3n) is 15.3. The first kappa shape index (κ1) is 68.3. The lowest BCUT2D eigenvalue weighted by atomic mass is 10.2. The number of rotatable bonds is 7. The van der Waals surface area contributed by atoms with Crippen LogP contribution in [-0.2, 0) is 9.47 Å². The predicted molar refractivity (Wildman–Crippen MR) is 356 cm³/mol. The molecule has 0 aliphatic carbocycles. The summed E-state index contributed by atoms with van der Waals surface area (Å²) in [5, 5.41) is 0. The van der Waals surface area contributed by atoms with E-state index in [0.29, 0.717) is 55.3 Å². The van der Waals surface area contributed by atoms with Crippen LogP contribution in [0.3, 0.4) is 0 Å². The minimum absolute atomic E-state index is 0.241. The van der Waals surface area contributed by atoms with Gasteiger partial charge in [-0.2, -0.15) is 0 Å². The fraction of sp³-hybridized carbons (Fsp3) is 0.571. The standard InChI is InChI=1S/C15H24N4O2.C14H22N4O2.C13H22N4.C11H18N4.C10H16N4/c1-11-12(5-6-13(16)17-11)18-7-9-19(10-8-18)14(20)21-15(2,3)4;1-14(2,3)20-13(19)18-8-6-17(7-9-18)11-4-5-12(15)16-10-11;1-3-6-16-7-9-17(10-8-16)12-4-5-13(14)15-11(12)2;1-9-10(3-4-11(12)13-9)15-7-5-14(2)6-8-15;1-13-4-6-14(7-5-13)9-2-3-10(11)12-8-9/h5-6H,7-10H2,1-4H3,(H2,16,17);4-5,10H,6-9H2,1-3H3,(H2,15,16);4-5H,3,6-10H2,1-2H3,(H2,14,15);3-4H,5-8H2,1-2H3,(H2,12,13);2-3,8H,4-7H2,1H3,(H2,11,12). The number of carbonyl (C=O) groups excluding carboxylic acids is 2. The second-order valence-corrected chi connectivity index (χ2v) is 24.7. The lowest BCUT2D eigenvalue weighted by Gasteiger charge is -2.37. The van der Waals surface area contributed by atoms with E-state index in [0.717, 1.165) is 133 Å². The molecule has 5 saturated heterocycles. The summed E-state index contributed by atoms with van der Waals surface area (Å²) >= 11 is 0. The minimum atomic E-state index is -0.453. The summed E-state index contributed by atoms with van der Waals surface area (Å²) in [7, 11) is 4.31. The number of hydrogen-bond acceptors (Lipinski definition) is 22. The average molecular weight is 1200 g/mol. The van der Waals surface area contributed by atoms with Crippen molar-refractivity contribution in [2.24, 2.45) is 0 Å². The Morgan fingerprint density at radius 3 is 0.989 bits per heavy atom. The minimum Gasteiger partial charge on any atom is -0.444 e. The first-order chi connectivity index (χ1) is 41.2. The molecular weight excluding hydrogens is 1100 g/mol. The van der Waals surface area contributed by atoms with Gasteiger partial charge in [-0.05, 0) is 150 Å². The van der Waals surface area contributed by atoms with Gasteiger partial charge in [-0.25, -0.2) is 34.5 Å². The van der Waals surface area contributed by atoms with Crippen LogP contribution in [0.2, 0.25) is 0 Å². The van der Waals surface area contributed by atoms with Gasteiger partial charge >= 0.3 is 12.2 Å². The molecule has 24 nitrogen and oxygen atoms in total. The summed E-state index contributed by atoms with van der Waals surface area (Å²) in [5.41, 5.74) is 35.9. The molecule has 0 atom stereocenters. The molecule has 5 aliphatic rings. The summed E-state index contributed by atoms with van der Waals surface area (Å²) in [6.07, 6.45) is 4.36. The molecule has 2 amide bonds. The number of nitrogens with two attached hydrogens (primary N) is 5. The van der Waals surface area contributed by atoms with Gasteiger partial charge in [-0.1, -0.05) is 6.92 Å². The molecule has 5 aromatic rings. The van der Waals surface area contributed by atoms with Gasteiger partial charge in [0.25, 0.3) is 0 Å². The topological polar surface area (TPSA) is 280 Å². The number of anilines is 10. The Kier molecular flexibility index (Phi) is 25.3. The number of nitrogens with zero attached hydrogens (tertiary/aromatic N) is 15. The number of pyridine rings is 5. The van der Waals surface area contributed by atoms with E-state index in [-0.39, 0.29) is 12.2 Å². The fourth-order valence-electron chi connectivity index (χ4n) is 10.5. The third-order valence-corrected chi connectivity index (χ3v) is 15.3. The highest BCUT2D eigenvalue weighted by Crippen LogP contribution is 2.25. The van der Waals surface area contributed by atoms with Gasteiger partial charge in [-0.15, -0.1) is 0 Å². The van der Waals surface area contributed by atoms with Crippen molar-refractivity contribution in [2.45, 2.75) is 86.9 Å². The quantitative estimate of drug-likeness (QED) is 0.118. The Balaban J connectivity index is 0.000000175. The Morgan fingerprint density at radius 2 is 0.701 bits per heavy atom. The normalized spacial score (nSPS) is 17.1. The zero-order valence-electron chi connectivity index (χ0n) is 54.2. The number of ether oxygens (including phenoxy) is 2. The molecule has 0 radical (unpaired) electrons. The van der Waals surface area contributed by atoms with Gasteiger partial charge in [0.2, 0.25) is 0 Å². The van der Waals surface area contributed by atoms with Crippen LogP contribution < -0.4 is 53.2 Å². The maximum absolute atomic E-state index is 12.0. The van der Waals surface area contributed by atoms with Gasteiger partial charge in [0.05, 0.1) is 57.9 Å². The highest BCUT2D eigenvalue weighted by atomic mass is 16.6. The van der Waals surface area contributed by atoms with Crippen molar-refractivity contribution in [3.05, 3.63) is 90.1 Å². The van der Waals surface area contributed by atoms with E-state index in [1.54, 1.807) is 22.1 Å². The van der Waals surface area contributed by atoms with Crippen molar-refractivity contribution >= 4 is 69.7 Å². The molecule has 87 heavy (non-hydrogen) atoms. The number of carbonyl (C=O) groups is 2. The maximum atomic E-state index is 12.0. The van der Waals surface area contributed by atoms with Crippen LogP contribution >= 0.6 is 0 Å². The number of nitrogen functional groups attached to an aromatic ring is 5. The average Bonchev–Trinajstić information content (AvgIpc) is 2.98. The van der Waals surface area contributed by atoms with Crippen LogP contribution in [0.15, 0.2) is 73.1 Å². The van der Waals surface area contributed by atoms with Crippen LogP contribution in [0.5, 0.6) is 0 Å². The lowest BCUT2D eigenvalue weighted by molar-refractivity contribution is 0.0230. The molecule has 0 unspecified atom stereocenters. The summed E-state index contributed by atoms with van der Waals surface area (Å²) < 4.78 is 10.8. The molecule has 10 N–H and O–H groups in total. The van der Waals surface area contributed by atoms with Crippen molar-refractivity contribution in [3.63, 3.8) is 0 Å². The largest absolute Gasteiger partial charge is 0.444 e.